The van der Waals surface area contributed by atoms with Crippen molar-refractivity contribution in [2.24, 2.45) is 4.99 Å². The number of fused-ring (bicyclic) bond motifs is 1. The Morgan fingerprint density at radius 1 is 1.28 bits per heavy atom. The lowest BCUT2D eigenvalue weighted by Crippen LogP contribution is -2.21. The van der Waals surface area contributed by atoms with Gasteiger partial charge >= 0.3 is 0 Å². The molecule has 0 radical (unpaired) electrons. The molecule has 0 N–H and O–H groups in total. The highest BCUT2D eigenvalue weighted by molar-refractivity contribution is 8.16. The smallest absolute Gasteiger partial charge is 0.266 e. The normalized spacial score (nSPS) is 19.7. The Bertz CT molecular complexity index is 637. The van der Waals surface area contributed by atoms with Gasteiger partial charge in [0.2, 0.25) is 0 Å². The predicted octanol–water partition coefficient (Wildman–Crippen LogP) is 3.75. The van der Waals surface area contributed by atoms with Gasteiger partial charge in [-0.2, -0.15) is 0 Å². The molecular weight excluding hydrogens is 291 g/mol. The molecule has 0 atom stereocenters. The van der Waals surface area contributed by atoms with Gasteiger partial charge in [0.05, 0.1) is 10.0 Å². The van der Waals surface area contributed by atoms with Crippen molar-refractivity contribution in [3.05, 3.63) is 51.1 Å². The highest BCUT2D eigenvalue weighted by Gasteiger charge is 2.31. The number of carbonyl (C=O) groups is 1. The molecule has 3 nitrogen and oxygen atoms in total. The minimum absolute atomic E-state index is 0.127. The van der Waals surface area contributed by atoms with Crippen molar-refractivity contribution in [2.45, 2.75) is 0 Å². The van der Waals surface area contributed by atoms with E-state index >= 15 is 0 Å². The van der Waals surface area contributed by atoms with Crippen molar-refractivity contribution in [1.29, 1.82) is 0 Å². The fourth-order valence-electron chi connectivity index (χ4n) is 1.64. The molecule has 0 bridgehead atoms. The van der Waals surface area contributed by atoms with Crippen molar-refractivity contribution in [3.8, 4) is 0 Å². The first kappa shape index (κ1) is 11.8. The Kier molecular flexibility index (Phi) is 2.93. The van der Waals surface area contributed by atoms with Gasteiger partial charge in [0.1, 0.15) is 5.70 Å². The summed E-state index contributed by atoms with van der Waals surface area (Å²) in [5.41, 5.74) is 1.20. The number of thioether (sulfide) groups is 1. The second-order valence-electron chi connectivity index (χ2n) is 3.68. The largest absolute Gasteiger partial charge is 0.282 e. The van der Waals surface area contributed by atoms with Crippen LogP contribution in [0.3, 0.4) is 0 Å². The van der Waals surface area contributed by atoms with E-state index in [9.17, 15) is 4.79 Å². The average molecular weight is 297 g/mol. The number of rotatable bonds is 1. The Morgan fingerprint density at radius 3 is 2.83 bits per heavy atom. The second-order valence-corrected chi connectivity index (χ2v) is 5.36. The summed E-state index contributed by atoms with van der Waals surface area (Å²) in [7, 11) is 0. The molecule has 0 saturated heterocycles. The Hall–Kier alpha value is -1.23. The van der Waals surface area contributed by atoms with Gasteiger partial charge in [-0.1, -0.05) is 41.0 Å². The molecule has 2 aliphatic heterocycles. The number of halogens is 2. The van der Waals surface area contributed by atoms with E-state index < -0.39 is 0 Å². The van der Waals surface area contributed by atoms with Gasteiger partial charge in [0.15, 0.2) is 5.17 Å². The standard InChI is InChI=1S/C12H6Cl2N2OS/c13-8-2-1-7(5-9(8)14)6-10-11(17)16-3-4-18-12(16)15-10/h1-6H. The molecule has 0 unspecified atom stereocenters. The van der Waals surface area contributed by atoms with Gasteiger partial charge in [0, 0.05) is 6.20 Å². The molecule has 0 saturated carbocycles. The molecule has 6 heteroatoms. The molecular formula is C12H6Cl2N2OS. The van der Waals surface area contributed by atoms with Crippen LogP contribution in [0.5, 0.6) is 0 Å². The van der Waals surface area contributed by atoms with Crippen LogP contribution in [0, 0.1) is 0 Å². The van der Waals surface area contributed by atoms with Gasteiger partial charge < -0.3 is 0 Å². The number of nitrogens with zero attached hydrogens (tertiary/aromatic N) is 2. The van der Waals surface area contributed by atoms with Crippen LogP contribution in [0.1, 0.15) is 5.56 Å². The van der Waals surface area contributed by atoms with E-state index in [1.54, 1.807) is 30.5 Å². The summed E-state index contributed by atoms with van der Waals surface area (Å²) in [5.74, 6) is -0.127. The number of carbonyl (C=O) groups excluding carboxylic acids is 1. The van der Waals surface area contributed by atoms with E-state index in [4.69, 9.17) is 23.2 Å². The summed E-state index contributed by atoms with van der Waals surface area (Å²) in [5, 5.41) is 3.46. The van der Waals surface area contributed by atoms with Crippen LogP contribution in [0.2, 0.25) is 10.0 Å². The van der Waals surface area contributed by atoms with Crippen molar-refractivity contribution in [3.63, 3.8) is 0 Å². The lowest BCUT2D eigenvalue weighted by molar-refractivity contribution is -0.120. The number of amidine groups is 1. The summed E-state index contributed by atoms with van der Waals surface area (Å²) < 4.78 is 0. The number of amides is 1. The van der Waals surface area contributed by atoms with E-state index in [0.29, 0.717) is 20.9 Å². The minimum Gasteiger partial charge on any atom is -0.266 e. The number of benzene rings is 1. The van der Waals surface area contributed by atoms with Crippen LogP contribution in [-0.4, -0.2) is 16.0 Å². The zero-order valence-corrected chi connectivity index (χ0v) is 11.3. The maximum atomic E-state index is 12.0. The molecule has 0 aliphatic carbocycles. The van der Waals surface area contributed by atoms with Crippen LogP contribution in [0.4, 0.5) is 0 Å². The summed E-state index contributed by atoms with van der Waals surface area (Å²) in [6.07, 6.45) is 3.41. The Morgan fingerprint density at radius 2 is 2.11 bits per heavy atom. The lowest BCUT2D eigenvalue weighted by atomic mass is 10.2. The molecule has 0 aromatic heterocycles. The number of hydrogen-bond donors (Lipinski definition) is 0. The molecule has 0 spiro atoms. The molecule has 2 aliphatic rings. The first-order valence-corrected chi connectivity index (χ1v) is 6.71. The quantitative estimate of drug-likeness (QED) is 0.739. The van der Waals surface area contributed by atoms with Crippen LogP contribution in [0.15, 0.2) is 40.5 Å². The van der Waals surface area contributed by atoms with Crippen LogP contribution in [0.25, 0.3) is 6.08 Å². The highest BCUT2D eigenvalue weighted by Crippen LogP contribution is 2.30. The van der Waals surface area contributed by atoms with Crippen LogP contribution >= 0.6 is 35.0 Å². The van der Waals surface area contributed by atoms with E-state index in [1.807, 2.05) is 5.41 Å². The molecule has 3 rings (SSSR count). The van der Waals surface area contributed by atoms with Gasteiger partial charge in [-0.15, -0.1) is 0 Å². The Balaban J connectivity index is 1.96. The van der Waals surface area contributed by atoms with Crippen molar-refractivity contribution < 1.29 is 4.79 Å². The SMILES string of the molecule is O=C1C(=Cc2ccc(Cl)c(Cl)c2)N=C2SC=CN12. The predicted molar refractivity (Wildman–Crippen MR) is 75.5 cm³/mol. The first-order valence-electron chi connectivity index (χ1n) is 5.07. The van der Waals surface area contributed by atoms with Crippen molar-refractivity contribution >= 4 is 52.1 Å². The van der Waals surface area contributed by atoms with Gasteiger partial charge in [-0.3, -0.25) is 9.69 Å². The average Bonchev–Trinajstić information content (AvgIpc) is 2.89. The third-order valence-corrected chi connectivity index (χ3v) is 3.99. The molecule has 18 heavy (non-hydrogen) atoms. The van der Waals surface area contributed by atoms with Crippen molar-refractivity contribution in [1.82, 2.24) is 4.90 Å². The topological polar surface area (TPSA) is 32.7 Å². The lowest BCUT2D eigenvalue weighted by Gasteiger charge is -2.03. The minimum atomic E-state index is -0.127. The maximum Gasteiger partial charge on any atom is 0.282 e. The van der Waals surface area contributed by atoms with E-state index in [0.717, 1.165) is 5.56 Å². The summed E-state index contributed by atoms with van der Waals surface area (Å²) in [6, 6.07) is 5.19. The third kappa shape index (κ3) is 1.96. The third-order valence-electron chi connectivity index (χ3n) is 2.49. The summed E-state index contributed by atoms with van der Waals surface area (Å²) in [4.78, 5) is 17.7. The number of hydrogen-bond acceptors (Lipinski definition) is 3. The second kappa shape index (κ2) is 4.46. The molecule has 1 amide bonds. The maximum absolute atomic E-state index is 12.0. The number of aliphatic imine (C=N–C) groups is 1. The fraction of sp³-hybridized carbons (Fsp3) is 0. The van der Waals surface area contributed by atoms with Gasteiger partial charge in [0.25, 0.3) is 5.91 Å². The molecule has 1 aromatic carbocycles. The van der Waals surface area contributed by atoms with E-state index in [-0.39, 0.29) is 5.91 Å². The highest BCUT2D eigenvalue weighted by atomic mass is 35.5. The zero-order chi connectivity index (χ0) is 12.7. The van der Waals surface area contributed by atoms with E-state index in [1.165, 1.54) is 16.7 Å². The van der Waals surface area contributed by atoms with Crippen LogP contribution in [-0.2, 0) is 4.79 Å². The van der Waals surface area contributed by atoms with Gasteiger partial charge in [-0.25, -0.2) is 4.99 Å². The van der Waals surface area contributed by atoms with Crippen LogP contribution < -0.4 is 0 Å². The zero-order valence-electron chi connectivity index (χ0n) is 8.93. The molecule has 0 fully saturated rings. The Labute approximate surface area is 118 Å². The fourth-order valence-corrected chi connectivity index (χ4v) is 2.65. The summed E-state index contributed by atoms with van der Waals surface area (Å²) in [6.45, 7) is 0. The molecule has 90 valence electrons. The van der Waals surface area contributed by atoms with Gasteiger partial charge in [-0.05, 0) is 29.2 Å². The van der Waals surface area contributed by atoms with Crippen molar-refractivity contribution in [2.75, 3.05) is 0 Å². The molecule has 1 aromatic rings. The molecule has 2 heterocycles. The monoisotopic (exact) mass is 296 g/mol. The summed E-state index contributed by atoms with van der Waals surface area (Å²) >= 11 is 13.2. The first-order chi connectivity index (χ1) is 8.65. The van der Waals surface area contributed by atoms with E-state index in [2.05, 4.69) is 4.99 Å².